The first-order valence-corrected chi connectivity index (χ1v) is 12.2. The number of fused-ring (bicyclic) bond motifs is 1. The lowest BCUT2D eigenvalue weighted by atomic mass is 10.2. The van der Waals surface area contributed by atoms with Gasteiger partial charge >= 0.3 is 5.97 Å². The molecule has 1 saturated heterocycles. The molecule has 3 aromatic rings. The lowest BCUT2D eigenvalue weighted by Crippen LogP contribution is -2.60. The van der Waals surface area contributed by atoms with Gasteiger partial charge in [0.2, 0.25) is 15.9 Å². The SMILES string of the molecule is COC(=O)C1CN(Cc2cc3cnccc3[nH]2)C(=O)CN1S(=O)(=O)C=Cc1ccc(Cl)s1. The minimum Gasteiger partial charge on any atom is -0.468 e. The molecule has 1 unspecified atom stereocenters. The standard InChI is InChI=1S/C20H19ClN4O5S2/c1-30-20(27)17-11-24(10-14-8-13-9-22-6-4-16(13)23-14)19(26)12-25(17)32(28,29)7-5-15-2-3-18(21)31-15/h2-9,17,23H,10-12H2,1H3. The molecule has 1 N–H and O–H groups in total. The third-order valence-electron chi connectivity index (χ3n) is 5.02. The molecule has 12 heteroatoms. The average Bonchev–Trinajstić information content (AvgIpc) is 3.38. The van der Waals surface area contributed by atoms with Crippen molar-refractivity contribution in [3.63, 3.8) is 0 Å². The fourth-order valence-electron chi connectivity index (χ4n) is 3.47. The molecular formula is C20H19ClN4O5S2. The molecule has 0 radical (unpaired) electrons. The van der Waals surface area contributed by atoms with Crippen LogP contribution < -0.4 is 0 Å². The number of thiophene rings is 1. The number of carbonyl (C=O) groups is 2. The predicted octanol–water partition coefficient (Wildman–Crippen LogP) is 2.46. The third-order valence-corrected chi connectivity index (χ3v) is 7.73. The maximum atomic E-state index is 12.9. The van der Waals surface area contributed by atoms with Crippen LogP contribution in [0, 0.1) is 0 Å². The highest BCUT2D eigenvalue weighted by Crippen LogP contribution is 2.25. The Morgan fingerprint density at radius 1 is 1.41 bits per heavy atom. The van der Waals surface area contributed by atoms with E-state index < -0.39 is 34.5 Å². The molecule has 0 aliphatic carbocycles. The summed E-state index contributed by atoms with van der Waals surface area (Å²) in [5.74, 6) is -1.16. The number of nitrogens with zero attached hydrogens (tertiary/aromatic N) is 3. The van der Waals surface area contributed by atoms with Gasteiger partial charge in [-0.3, -0.25) is 14.6 Å². The number of sulfonamides is 1. The van der Waals surface area contributed by atoms with Gasteiger partial charge in [0.1, 0.15) is 6.04 Å². The van der Waals surface area contributed by atoms with Crippen molar-refractivity contribution in [2.75, 3.05) is 20.2 Å². The second-order valence-corrected chi connectivity index (χ2v) is 10.6. The molecule has 1 amide bonds. The maximum Gasteiger partial charge on any atom is 0.326 e. The molecule has 0 spiro atoms. The van der Waals surface area contributed by atoms with E-state index in [9.17, 15) is 18.0 Å². The van der Waals surface area contributed by atoms with Crippen LogP contribution in [0.25, 0.3) is 17.0 Å². The second-order valence-electron chi connectivity index (χ2n) is 7.11. The Bertz CT molecular complexity index is 1270. The number of H-pyrrole nitrogens is 1. The number of pyridine rings is 1. The zero-order valence-electron chi connectivity index (χ0n) is 16.9. The van der Waals surface area contributed by atoms with Gasteiger partial charge in [0, 0.05) is 45.8 Å². The van der Waals surface area contributed by atoms with E-state index in [0.717, 1.165) is 26.3 Å². The van der Waals surface area contributed by atoms with Crippen molar-refractivity contribution in [2.24, 2.45) is 0 Å². The number of aromatic nitrogens is 2. The Morgan fingerprint density at radius 3 is 2.91 bits per heavy atom. The molecule has 1 aliphatic heterocycles. The molecule has 3 aromatic heterocycles. The minimum absolute atomic E-state index is 0.128. The van der Waals surface area contributed by atoms with Crippen LogP contribution in [0.4, 0.5) is 0 Å². The quantitative estimate of drug-likeness (QED) is 0.527. The molecule has 168 valence electrons. The predicted molar refractivity (Wildman–Crippen MR) is 121 cm³/mol. The summed E-state index contributed by atoms with van der Waals surface area (Å²) in [4.78, 5) is 34.6. The van der Waals surface area contributed by atoms with Crippen LogP contribution in [-0.4, -0.2) is 65.7 Å². The summed E-state index contributed by atoms with van der Waals surface area (Å²) < 4.78 is 32.1. The molecule has 1 atom stereocenters. The molecule has 1 fully saturated rings. The van der Waals surface area contributed by atoms with Crippen molar-refractivity contribution in [2.45, 2.75) is 12.6 Å². The van der Waals surface area contributed by atoms with Crippen LogP contribution in [-0.2, 0) is 30.9 Å². The van der Waals surface area contributed by atoms with E-state index in [1.807, 2.05) is 12.1 Å². The number of piperazine rings is 1. The number of rotatable bonds is 6. The lowest BCUT2D eigenvalue weighted by molar-refractivity contribution is -0.151. The fraction of sp³-hybridized carbons (Fsp3) is 0.250. The summed E-state index contributed by atoms with van der Waals surface area (Å²) in [6.45, 7) is -0.408. The normalized spacial score (nSPS) is 18.0. The van der Waals surface area contributed by atoms with Gasteiger partial charge < -0.3 is 14.6 Å². The number of aromatic amines is 1. The second kappa shape index (κ2) is 9.02. The van der Waals surface area contributed by atoms with Gasteiger partial charge in [0.15, 0.2) is 0 Å². The zero-order chi connectivity index (χ0) is 22.9. The van der Waals surface area contributed by atoms with Crippen molar-refractivity contribution in [1.29, 1.82) is 0 Å². The molecule has 4 heterocycles. The summed E-state index contributed by atoms with van der Waals surface area (Å²) in [6, 6.07) is 5.84. The summed E-state index contributed by atoms with van der Waals surface area (Å²) in [5.41, 5.74) is 1.61. The van der Waals surface area contributed by atoms with Gasteiger partial charge in [0.25, 0.3) is 0 Å². The number of nitrogens with one attached hydrogen (secondary N) is 1. The Hall–Kier alpha value is -2.73. The molecular weight excluding hydrogens is 476 g/mol. The number of hydrogen-bond donors (Lipinski definition) is 1. The van der Waals surface area contributed by atoms with Gasteiger partial charge in [-0.15, -0.1) is 11.3 Å². The van der Waals surface area contributed by atoms with E-state index in [-0.39, 0.29) is 13.1 Å². The molecule has 0 aromatic carbocycles. The van der Waals surface area contributed by atoms with E-state index in [4.69, 9.17) is 16.3 Å². The number of amides is 1. The van der Waals surface area contributed by atoms with Crippen molar-refractivity contribution >= 4 is 61.8 Å². The molecule has 9 nitrogen and oxygen atoms in total. The molecule has 32 heavy (non-hydrogen) atoms. The Balaban J connectivity index is 1.56. The van der Waals surface area contributed by atoms with Gasteiger partial charge in [-0.2, -0.15) is 4.31 Å². The van der Waals surface area contributed by atoms with Crippen LogP contribution in [0.15, 0.2) is 42.1 Å². The van der Waals surface area contributed by atoms with Gasteiger partial charge in [-0.05, 0) is 30.3 Å². The smallest absolute Gasteiger partial charge is 0.326 e. The van der Waals surface area contributed by atoms with Crippen LogP contribution >= 0.6 is 22.9 Å². The number of hydrogen-bond acceptors (Lipinski definition) is 7. The number of ether oxygens (including phenoxy) is 1. The molecule has 0 bridgehead atoms. The topological polar surface area (TPSA) is 113 Å². The van der Waals surface area contributed by atoms with Crippen LogP contribution in [0.1, 0.15) is 10.6 Å². The highest BCUT2D eigenvalue weighted by Gasteiger charge is 2.42. The van der Waals surface area contributed by atoms with E-state index >= 15 is 0 Å². The van der Waals surface area contributed by atoms with Crippen LogP contribution in [0.5, 0.6) is 0 Å². The van der Waals surface area contributed by atoms with Gasteiger partial charge in [-0.1, -0.05) is 11.6 Å². The molecule has 4 rings (SSSR count). The first-order valence-electron chi connectivity index (χ1n) is 9.49. The minimum atomic E-state index is -4.07. The fourth-order valence-corrected chi connectivity index (χ4v) is 5.79. The summed E-state index contributed by atoms with van der Waals surface area (Å²) in [5, 5.41) is 1.86. The number of methoxy groups -OCH3 is 1. The van der Waals surface area contributed by atoms with E-state index in [1.54, 1.807) is 24.5 Å². The van der Waals surface area contributed by atoms with Crippen LogP contribution in [0.3, 0.4) is 0 Å². The van der Waals surface area contributed by atoms with E-state index in [2.05, 4.69) is 9.97 Å². The number of carbonyl (C=O) groups excluding carboxylic acids is 2. The van der Waals surface area contributed by atoms with Crippen molar-refractivity contribution in [3.05, 3.63) is 57.0 Å². The van der Waals surface area contributed by atoms with E-state index in [1.165, 1.54) is 29.4 Å². The first kappa shape index (κ1) is 22.5. The lowest BCUT2D eigenvalue weighted by Gasteiger charge is -2.37. The summed E-state index contributed by atoms with van der Waals surface area (Å²) in [6.07, 6.45) is 4.74. The molecule has 0 saturated carbocycles. The maximum absolute atomic E-state index is 12.9. The van der Waals surface area contributed by atoms with Crippen LogP contribution in [0.2, 0.25) is 4.34 Å². The summed E-state index contributed by atoms with van der Waals surface area (Å²) in [7, 11) is -2.89. The van der Waals surface area contributed by atoms with Gasteiger partial charge in [-0.25, -0.2) is 8.42 Å². The first-order chi connectivity index (χ1) is 15.3. The number of esters is 1. The zero-order valence-corrected chi connectivity index (χ0v) is 19.3. The Labute approximate surface area is 193 Å². The van der Waals surface area contributed by atoms with Crippen molar-refractivity contribution in [3.8, 4) is 0 Å². The molecule has 1 aliphatic rings. The highest BCUT2D eigenvalue weighted by atomic mass is 35.5. The monoisotopic (exact) mass is 494 g/mol. The Morgan fingerprint density at radius 2 is 2.22 bits per heavy atom. The summed E-state index contributed by atoms with van der Waals surface area (Å²) >= 11 is 7.09. The largest absolute Gasteiger partial charge is 0.468 e. The third kappa shape index (κ3) is 4.70. The average molecular weight is 495 g/mol. The van der Waals surface area contributed by atoms with Crippen molar-refractivity contribution in [1.82, 2.24) is 19.2 Å². The number of halogens is 1. The van der Waals surface area contributed by atoms with Crippen molar-refractivity contribution < 1.29 is 22.7 Å². The van der Waals surface area contributed by atoms with Gasteiger partial charge in [0.05, 0.1) is 24.5 Å². The highest BCUT2D eigenvalue weighted by molar-refractivity contribution is 7.92. The van der Waals surface area contributed by atoms with E-state index in [0.29, 0.717) is 9.21 Å². The Kier molecular flexibility index (Phi) is 6.33.